The van der Waals surface area contributed by atoms with Crippen molar-refractivity contribution < 1.29 is 41.0 Å². The van der Waals surface area contributed by atoms with Gasteiger partial charge < -0.3 is 9.84 Å². The maximum Gasteiger partial charge on any atom is 0.430 e. The molecule has 2 aliphatic rings. The number of carbonyl (C=O) groups excluding carboxylic acids is 1. The minimum atomic E-state index is -5.59. The number of ether oxygens (including phenoxy) is 1. The van der Waals surface area contributed by atoms with Crippen LogP contribution in [-0.4, -0.2) is 41.8 Å². The van der Waals surface area contributed by atoms with Crippen molar-refractivity contribution in [2.75, 3.05) is 6.61 Å². The van der Waals surface area contributed by atoms with Gasteiger partial charge in [-0.2, -0.15) is 13.2 Å². The molecule has 4 nitrogen and oxygen atoms in total. The fourth-order valence-corrected chi connectivity index (χ4v) is 2.16. The molecule has 1 N–H and O–H groups in total. The second kappa shape index (κ2) is 7.16. The van der Waals surface area contributed by atoms with E-state index in [0.717, 1.165) is 19.1 Å². The van der Waals surface area contributed by atoms with E-state index in [1.54, 1.807) is 0 Å². The normalized spacial score (nSPS) is 27.7. The maximum atomic E-state index is 14.0. The Hall–Kier alpha value is -2.26. The van der Waals surface area contributed by atoms with Crippen molar-refractivity contribution in [1.29, 1.82) is 0 Å². The van der Waals surface area contributed by atoms with Crippen LogP contribution in [0.2, 0.25) is 0 Å². The van der Waals surface area contributed by atoms with Gasteiger partial charge in [0.1, 0.15) is 28.9 Å². The van der Waals surface area contributed by atoms with Crippen LogP contribution in [-0.2, 0) is 9.53 Å². The summed E-state index contributed by atoms with van der Waals surface area (Å²) in [5, 5.41) is 10.1. The fraction of sp³-hybridized carbons (Fsp3) is 0.500. The Morgan fingerprint density at radius 3 is 2.31 bits per heavy atom. The molecule has 0 unspecified atom stereocenters. The Morgan fingerprint density at radius 1 is 1.35 bits per heavy atom. The minimum absolute atomic E-state index is 0.122. The number of rotatable bonds is 5. The average Bonchev–Trinajstić information content (AvgIpc) is 3.29. The topological polar surface area (TPSA) is 58.9 Å². The van der Waals surface area contributed by atoms with Crippen molar-refractivity contribution in [3.63, 3.8) is 0 Å². The van der Waals surface area contributed by atoms with Crippen LogP contribution in [0.1, 0.15) is 19.8 Å². The molecule has 0 spiro atoms. The highest BCUT2D eigenvalue weighted by molar-refractivity contribution is 6.10. The monoisotopic (exact) mass is 383 g/mol. The molecule has 0 aromatic carbocycles. The van der Waals surface area contributed by atoms with Crippen molar-refractivity contribution in [3.8, 4) is 0 Å². The lowest BCUT2D eigenvalue weighted by Gasteiger charge is -2.27. The number of halogens is 6. The number of hydrogen-bond donors (Lipinski definition) is 1. The predicted molar refractivity (Wildman–Crippen MR) is 79.6 cm³/mol. The number of aliphatic hydroxyl groups is 1. The number of aliphatic hydroxyl groups excluding tert-OH is 1. The first-order chi connectivity index (χ1) is 12.0. The van der Waals surface area contributed by atoms with Crippen LogP contribution in [0.25, 0.3) is 0 Å². The lowest BCUT2D eigenvalue weighted by molar-refractivity contribution is -0.196. The number of nitrogens with zero attached hydrogens (tertiary/aromatic N) is 1. The molecule has 1 fully saturated rings. The number of esters is 1. The summed E-state index contributed by atoms with van der Waals surface area (Å²) >= 11 is 0. The van der Waals surface area contributed by atoms with E-state index in [1.807, 2.05) is 0 Å². The van der Waals surface area contributed by atoms with E-state index in [2.05, 4.69) is 9.73 Å². The lowest BCUT2D eigenvalue weighted by Crippen LogP contribution is -2.40. The predicted octanol–water partition coefficient (Wildman–Crippen LogP) is 4.20. The molecule has 144 valence electrons. The Bertz CT molecular complexity index is 683. The van der Waals surface area contributed by atoms with E-state index in [1.165, 1.54) is 6.92 Å². The second-order valence-electron chi connectivity index (χ2n) is 5.79. The quantitative estimate of drug-likeness (QED) is 0.255. The number of allylic oxidation sites excluding steroid dienone is 3. The largest absolute Gasteiger partial charge is 0.510 e. The summed E-state index contributed by atoms with van der Waals surface area (Å²) in [7, 11) is 0. The van der Waals surface area contributed by atoms with E-state index < -0.39 is 58.9 Å². The zero-order chi connectivity index (χ0) is 19.7. The summed E-state index contributed by atoms with van der Waals surface area (Å²) in [5.74, 6) is -8.65. The Kier molecular flexibility index (Phi) is 5.52. The van der Waals surface area contributed by atoms with Crippen molar-refractivity contribution in [3.05, 3.63) is 35.1 Å². The van der Waals surface area contributed by atoms with Crippen molar-refractivity contribution in [1.82, 2.24) is 0 Å². The Balaban J connectivity index is 2.45. The smallest absolute Gasteiger partial charge is 0.430 e. The van der Waals surface area contributed by atoms with Crippen LogP contribution in [0, 0.1) is 5.92 Å². The number of hydrogen-bond acceptors (Lipinski definition) is 4. The van der Waals surface area contributed by atoms with Crippen LogP contribution in [0.4, 0.5) is 26.3 Å². The lowest BCUT2D eigenvalue weighted by atomic mass is 9.88. The summed E-state index contributed by atoms with van der Waals surface area (Å²) in [6.45, 7) is 1.31. The van der Waals surface area contributed by atoms with Crippen LogP contribution in [0.5, 0.6) is 0 Å². The van der Waals surface area contributed by atoms with Gasteiger partial charge >= 0.3 is 12.1 Å². The molecule has 2 rings (SSSR count). The minimum Gasteiger partial charge on any atom is -0.510 e. The SMILES string of the molecule is CCOC(=O)/C(C=NC1CC1)=C(/O)C1C(F)=CC(F)(C(F)(F)F)C=C1F. The summed E-state index contributed by atoms with van der Waals surface area (Å²) in [4.78, 5) is 15.8. The van der Waals surface area contributed by atoms with Crippen LogP contribution in [0.15, 0.2) is 40.1 Å². The molecule has 0 bridgehead atoms. The van der Waals surface area contributed by atoms with Crippen LogP contribution < -0.4 is 0 Å². The van der Waals surface area contributed by atoms with Gasteiger partial charge in [0.25, 0.3) is 0 Å². The van der Waals surface area contributed by atoms with Gasteiger partial charge in [-0.3, -0.25) is 4.99 Å². The average molecular weight is 383 g/mol. The molecular formula is C16H15F6NO3. The van der Waals surface area contributed by atoms with Crippen molar-refractivity contribution in [2.24, 2.45) is 10.9 Å². The molecule has 26 heavy (non-hydrogen) atoms. The van der Waals surface area contributed by atoms with Gasteiger partial charge in [0, 0.05) is 6.21 Å². The Labute approximate surface area is 144 Å². The third kappa shape index (κ3) is 4.10. The fourth-order valence-electron chi connectivity index (χ4n) is 2.16. The highest BCUT2D eigenvalue weighted by atomic mass is 19.4. The Morgan fingerprint density at radius 2 is 1.88 bits per heavy atom. The highest BCUT2D eigenvalue weighted by Gasteiger charge is 2.56. The van der Waals surface area contributed by atoms with Gasteiger partial charge in [0.05, 0.1) is 12.6 Å². The van der Waals surface area contributed by atoms with Crippen molar-refractivity contribution >= 4 is 12.2 Å². The molecule has 0 radical (unpaired) electrons. The standard InChI is InChI=1S/C16H15F6NO3/c1-2-26-14(25)9(7-23-8-3-4-8)13(24)12-10(17)5-15(19,6-11(12)18)16(20,21)22/h5-8,12,24H,2-4H2,1H3/b13-9+,23-7?. The molecule has 0 saturated heterocycles. The van der Waals surface area contributed by atoms with Crippen LogP contribution in [0.3, 0.4) is 0 Å². The summed E-state index contributed by atoms with van der Waals surface area (Å²) in [5.41, 5.74) is -5.07. The van der Waals surface area contributed by atoms with Gasteiger partial charge in [-0.05, 0) is 31.9 Å². The third-order valence-electron chi connectivity index (χ3n) is 3.69. The number of carbonyl (C=O) groups is 1. The zero-order valence-corrected chi connectivity index (χ0v) is 13.5. The summed E-state index contributed by atoms with van der Waals surface area (Å²) in [6, 6.07) is -0.122. The molecule has 0 atom stereocenters. The molecule has 0 aromatic heterocycles. The molecule has 0 heterocycles. The van der Waals surface area contributed by atoms with Gasteiger partial charge in [0.15, 0.2) is 0 Å². The van der Waals surface area contributed by atoms with Crippen LogP contribution >= 0.6 is 0 Å². The van der Waals surface area contributed by atoms with Gasteiger partial charge in [0.2, 0.25) is 5.67 Å². The van der Waals surface area contributed by atoms with E-state index in [0.29, 0.717) is 0 Å². The highest BCUT2D eigenvalue weighted by Crippen LogP contribution is 2.45. The third-order valence-corrected chi connectivity index (χ3v) is 3.69. The van der Waals surface area contributed by atoms with E-state index in [9.17, 15) is 36.2 Å². The maximum absolute atomic E-state index is 14.0. The molecule has 1 saturated carbocycles. The van der Waals surface area contributed by atoms with E-state index in [4.69, 9.17) is 0 Å². The molecule has 0 aliphatic heterocycles. The van der Waals surface area contributed by atoms with Gasteiger partial charge in [-0.25, -0.2) is 18.0 Å². The van der Waals surface area contributed by atoms with Gasteiger partial charge in [-0.15, -0.1) is 0 Å². The van der Waals surface area contributed by atoms with E-state index in [-0.39, 0.29) is 12.6 Å². The number of alkyl halides is 4. The van der Waals surface area contributed by atoms with Crippen molar-refractivity contribution in [2.45, 2.75) is 37.7 Å². The zero-order valence-electron chi connectivity index (χ0n) is 13.5. The molecule has 2 aliphatic carbocycles. The number of aliphatic imine (C=N–C) groups is 1. The van der Waals surface area contributed by atoms with E-state index >= 15 is 0 Å². The summed E-state index contributed by atoms with van der Waals surface area (Å²) < 4.78 is 84.4. The summed E-state index contributed by atoms with van der Waals surface area (Å²) in [6.07, 6.45) is -4.28. The molecular weight excluding hydrogens is 368 g/mol. The first-order valence-corrected chi connectivity index (χ1v) is 7.65. The first kappa shape index (κ1) is 20.1. The molecule has 10 heteroatoms. The first-order valence-electron chi connectivity index (χ1n) is 7.65. The second-order valence-corrected chi connectivity index (χ2v) is 5.79. The van der Waals surface area contributed by atoms with Gasteiger partial charge in [-0.1, -0.05) is 0 Å². The molecule has 0 amide bonds. The molecule has 0 aromatic rings.